The van der Waals surface area contributed by atoms with Crippen LogP contribution in [0, 0.1) is 25.7 Å². The van der Waals surface area contributed by atoms with Crippen molar-refractivity contribution in [2.24, 2.45) is 16.8 Å². The first-order valence-corrected chi connectivity index (χ1v) is 22.9. The predicted octanol–water partition coefficient (Wildman–Crippen LogP) is 10.6. The molecule has 302 valence electrons. The van der Waals surface area contributed by atoms with Crippen LogP contribution >= 0.6 is 0 Å². The Balaban J connectivity index is 1.42. The van der Waals surface area contributed by atoms with Crippen molar-refractivity contribution in [3.05, 3.63) is 117 Å². The Morgan fingerprint density at radius 3 is 2.28 bits per heavy atom. The van der Waals surface area contributed by atoms with Crippen LogP contribution in [-0.2, 0) is 26.6 Å². The lowest BCUT2D eigenvalue weighted by Crippen LogP contribution is -2.32. The Morgan fingerprint density at radius 1 is 0.877 bits per heavy atom. The van der Waals surface area contributed by atoms with Gasteiger partial charge in [0.15, 0.2) is 0 Å². The monoisotopic (exact) mass is 809 g/mol. The minimum atomic E-state index is -4.57. The minimum absolute atomic E-state index is 0.205. The van der Waals surface area contributed by atoms with Crippen LogP contribution in [0.15, 0.2) is 110 Å². The Kier molecular flexibility index (Phi) is 12.9. The predicted molar refractivity (Wildman–Crippen MR) is 232 cm³/mol. The molecule has 57 heavy (non-hydrogen) atoms. The number of nitrogens with zero attached hydrogens (tertiary/aromatic N) is 1. The number of benzene rings is 4. The first-order valence-electron chi connectivity index (χ1n) is 20.0. The molecule has 0 aromatic heterocycles. The smallest absolute Gasteiger partial charge is 0.295 e. The first kappa shape index (κ1) is 42.1. The summed E-state index contributed by atoms with van der Waals surface area (Å²) in [4.78, 5) is 5.14. The van der Waals surface area contributed by atoms with Crippen LogP contribution in [0.4, 0.5) is 11.4 Å². The number of sulfonamides is 1. The summed E-state index contributed by atoms with van der Waals surface area (Å²) in [6.07, 6.45) is 9.63. The second kappa shape index (κ2) is 17.5. The Hall–Kier alpha value is -4.55. The molecule has 11 heteroatoms. The number of unbranched alkanes of at least 4 members (excludes halogenated alkanes) is 1. The zero-order valence-electron chi connectivity index (χ0n) is 34.0. The van der Waals surface area contributed by atoms with Gasteiger partial charge in [-0.1, -0.05) is 89.8 Å². The first-order chi connectivity index (χ1) is 27.1. The van der Waals surface area contributed by atoms with Crippen molar-refractivity contribution < 1.29 is 25.8 Å². The lowest BCUT2D eigenvalue weighted by atomic mass is 9.91. The van der Waals surface area contributed by atoms with E-state index in [1.54, 1.807) is 30.4 Å². The molecule has 0 fully saturated rings. The third kappa shape index (κ3) is 9.44. The number of anilines is 2. The zero-order valence-corrected chi connectivity index (χ0v) is 35.6. The summed E-state index contributed by atoms with van der Waals surface area (Å²) in [6, 6.07) is 21.8. The summed E-state index contributed by atoms with van der Waals surface area (Å²) in [5.74, 6) is 0.561. The number of allylic oxidation sites excluding steroid dienone is 1. The zero-order chi connectivity index (χ0) is 41.1. The largest absolute Gasteiger partial charge is 0.456 e. The van der Waals surface area contributed by atoms with Gasteiger partial charge in [0.1, 0.15) is 16.2 Å². The van der Waals surface area contributed by atoms with E-state index in [9.17, 15) is 21.4 Å². The quantitative estimate of drug-likeness (QED) is 0.0707. The Morgan fingerprint density at radius 2 is 1.61 bits per heavy atom. The summed E-state index contributed by atoms with van der Waals surface area (Å²) >= 11 is 0. The molecule has 6 rings (SSSR count). The molecule has 9 nitrogen and oxygen atoms in total. The maximum atomic E-state index is 13.4. The van der Waals surface area contributed by atoms with Crippen LogP contribution in [0.3, 0.4) is 0 Å². The van der Waals surface area contributed by atoms with Gasteiger partial charge in [0.05, 0.1) is 16.3 Å². The molecule has 0 bridgehead atoms. The van der Waals surface area contributed by atoms with Crippen molar-refractivity contribution in [1.82, 2.24) is 4.72 Å². The van der Waals surface area contributed by atoms with Gasteiger partial charge in [-0.15, -0.1) is 0 Å². The summed E-state index contributed by atoms with van der Waals surface area (Å²) in [6.45, 7) is 14.9. The van der Waals surface area contributed by atoms with Gasteiger partial charge in [0, 0.05) is 58.0 Å². The molecule has 1 aliphatic heterocycles. The van der Waals surface area contributed by atoms with E-state index in [0.29, 0.717) is 51.2 Å². The average Bonchev–Trinajstić information content (AvgIpc) is 3.16. The fourth-order valence-electron chi connectivity index (χ4n) is 7.98. The van der Waals surface area contributed by atoms with Gasteiger partial charge in [-0.25, -0.2) is 13.1 Å². The summed E-state index contributed by atoms with van der Waals surface area (Å²) in [5.41, 5.74) is 8.29. The standard InChI is InChI=1S/C46H55N3O6S2/c1-8-11-15-33(10-3)28-47-56(50,51)37-24-31(6)46(32(7)25-37)49-36-19-21-39-42(27-36)55-41-26-35(48-45-29(4)22-34(14-9-2)23-30(45)5)18-20-38(41)44(39)40-16-12-13-17-43(40)57(52,53)54/h12-13,16-27,31,33,46-48H,8-11,14-15,28H2,1-7H3,(H,52,53,54)/b49-36+. The highest BCUT2D eigenvalue weighted by Crippen LogP contribution is 2.43. The SMILES string of the molecule is CCCCC(CC)CNS(=O)(=O)C1=CC(C)C(/N=c2\ccc3c(-c4ccccc4S(=O)(=O)O)c4ccc(Nc5c(C)cc(CCC)cc5C)cc4oc-3c2)C(C)=C1. The molecular weight excluding hydrogens is 755 g/mol. The van der Waals surface area contributed by atoms with Crippen molar-refractivity contribution in [3.8, 4) is 22.5 Å². The van der Waals surface area contributed by atoms with Crippen LogP contribution in [0.25, 0.3) is 33.4 Å². The molecular formula is C46H55N3O6S2. The van der Waals surface area contributed by atoms with E-state index in [1.165, 1.54) is 11.6 Å². The van der Waals surface area contributed by atoms with E-state index in [0.717, 1.165) is 66.6 Å². The van der Waals surface area contributed by atoms with Crippen molar-refractivity contribution in [2.75, 3.05) is 11.9 Å². The van der Waals surface area contributed by atoms with Crippen LogP contribution in [-0.4, -0.2) is 34.0 Å². The molecule has 0 spiro atoms. The minimum Gasteiger partial charge on any atom is -0.456 e. The summed E-state index contributed by atoms with van der Waals surface area (Å²) in [7, 11) is -8.27. The molecule has 3 aromatic carbocycles. The molecule has 3 unspecified atom stereocenters. The highest BCUT2D eigenvalue weighted by molar-refractivity contribution is 7.93. The summed E-state index contributed by atoms with van der Waals surface area (Å²) < 4.78 is 71.9. The fraction of sp³-hybridized carbons (Fsp3) is 0.370. The number of hydrogen-bond acceptors (Lipinski definition) is 7. The van der Waals surface area contributed by atoms with Crippen molar-refractivity contribution in [2.45, 2.75) is 97.9 Å². The van der Waals surface area contributed by atoms with Gasteiger partial charge < -0.3 is 9.73 Å². The molecule has 0 saturated carbocycles. The molecule has 3 aliphatic rings. The van der Waals surface area contributed by atoms with Gasteiger partial charge in [0.2, 0.25) is 10.0 Å². The number of aryl methyl sites for hydroxylation is 3. The molecule has 3 aromatic rings. The highest BCUT2D eigenvalue weighted by atomic mass is 32.2. The maximum Gasteiger partial charge on any atom is 0.295 e. The average molecular weight is 810 g/mol. The lowest BCUT2D eigenvalue weighted by Gasteiger charge is -2.25. The fourth-order valence-corrected chi connectivity index (χ4v) is 10.0. The lowest BCUT2D eigenvalue weighted by molar-refractivity contribution is 0.444. The van der Waals surface area contributed by atoms with E-state index in [2.05, 4.69) is 56.8 Å². The molecule has 2 aliphatic carbocycles. The highest BCUT2D eigenvalue weighted by Gasteiger charge is 2.28. The molecule has 0 amide bonds. The van der Waals surface area contributed by atoms with Gasteiger partial charge in [-0.3, -0.25) is 9.55 Å². The number of nitrogens with one attached hydrogen (secondary N) is 2. The normalized spacial score (nSPS) is 17.2. The number of fused-ring (bicyclic) bond motifs is 2. The Bertz CT molecular complexity index is 2580. The van der Waals surface area contributed by atoms with E-state index >= 15 is 0 Å². The van der Waals surface area contributed by atoms with Gasteiger partial charge in [-0.05, 0) is 98.2 Å². The van der Waals surface area contributed by atoms with Crippen molar-refractivity contribution in [3.63, 3.8) is 0 Å². The molecule has 3 N–H and O–H groups in total. The number of rotatable bonds is 15. The van der Waals surface area contributed by atoms with E-state index in [4.69, 9.17) is 9.41 Å². The van der Waals surface area contributed by atoms with Gasteiger partial charge in [0.25, 0.3) is 10.1 Å². The van der Waals surface area contributed by atoms with E-state index in [-0.39, 0.29) is 21.8 Å². The second-order valence-electron chi connectivity index (χ2n) is 15.5. The summed E-state index contributed by atoms with van der Waals surface area (Å²) in [5, 5.41) is 4.88. The molecule has 0 radical (unpaired) electrons. The van der Waals surface area contributed by atoms with Crippen molar-refractivity contribution >= 4 is 42.5 Å². The molecule has 3 atom stereocenters. The number of hydrogen-bond donors (Lipinski definition) is 3. The van der Waals surface area contributed by atoms with Gasteiger partial charge in [-0.2, -0.15) is 8.42 Å². The van der Waals surface area contributed by atoms with Crippen molar-refractivity contribution in [1.29, 1.82) is 0 Å². The molecule has 0 saturated heterocycles. The van der Waals surface area contributed by atoms with Crippen LogP contribution < -0.4 is 15.4 Å². The topological polar surface area (TPSA) is 138 Å². The van der Waals surface area contributed by atoms with Crippen LogP contribution in [0.5, 0.6) is 0 Å². The maximum absolute atomic E-state index is 13.4. The van der Waals surface area contributed by atoms with E-state index < -0.39 is 20.1 Å². The van der Waals surface area contributed by atoms with Crippen LogP contribution in [0.2, 0.25) is 0 Å². The Labute approximate surface area is 338 Å². The van der Waals surface area contributed by atoms with E-state index in [1.807, 2.05) is 50.2 Å². The third-order valence-electron chi connectivity index (χ3n) is 11.0. The van der Waals surface area contributed by atoms with Gasteiger partial charge >= 0.3 is 0 Å². The second-order valence-corrected chi connectivity index (χ2v) is 18.6. The molecule has 1 heterocycles. The van der Waals surface area contributed by atoms with Crippen LogP contribution in [0.1, 0.15) is 83.4 Å². The third-order valence-corrected chi connectivity index (χ3v) is 13.3.